The standard InChI is InChI=1S/C18H10Cl2N2OS/c19-15-8-9-16(20)22-17(15)18(23)21-13-4-1-3-12(11-13)6-7-14-5-2-10-24-14/h1-5,8-11H,(H,21,23). The van der Waals surface area contributed by atoms with E-state index in [0.29, 0.717) is 5.69 Å². The number of hydrogen-bond acceptors (Lipinski definition) is 3. The van der Waals surface area contributed by atoms with Gasteiger partial charge in [0.2, 0.25) is 0 Å². The average molecular weight is 373 g/mol. The maximum Gasteiger partial charge on any atom is 0.275 e. The van der Waals surface area contributed by atoms with E-state index < -0.39 is 5.91 Å². The number of benzene rings is 1. The molecule has 6 heteroatoms. The van der Waals surface area contributed by atoms with E-state index in [1.54, 1.807) is 23.5 Å². The summed E-state index contributed by atoms with van der Waals surface area (Å²) >= 11 is 13.4. The lowest BCUT2D eigenvalue weighted by Gasteiger charge is -2.06. The second kappa shape index (κ2) is 7.50. The molecular weight excluding hydrogens is 363 g/mol. The molecule has 0 aliphatic carbocycles. The molecule has 0 atom stereocenters. The Labute approximate surface area is 153 Å². The number of pyridine rings is 1. The summed E-state index contributed by atoms with van der Waals surface area (Å²) in [5, 5.41) is 5.17. The maximum atomic E-state index is 12.3. The molecule has 0 bridgehead atoms. The Morgan fingerprint density at radius 1 is 1.08 bits per heavy atom. The van der Waals surface area contributed by atoms with E-state index in [2.05, 4.69) is 22.1 Å². The Kier molecular flexibility index (Phi) is 5.17. The Bertz CT molecular complexity index is 943. The SMILES string of the molecule is O=C(Nc1cccc(C#Cc2cccs2)c1)c1nc(Cl)ccc1Cl. The van der Waals surface area contributed by atoms with Crippen LogP contribution in [0.2, 0.25) is 10.2 Å². The molecule has 0 aliphatic heterocycles. The summed E-state index contributed by atoms with van der Waals surface area (Å²) in [6.07, 6.45) is 0. The zero-order valence-electron chi connectivity index (χ0n) is 12.2. The van der Waals surface area contributed by atoms with Gasteiger partial charge >= 0.3 is 0 Å². The molecule has 2 aromatic heterocycles. The molecule has 3 nitrogen and oxygen atoms in total. The third-order valence-corrected chi connectivity index (χ3v) is 4.30. The normalized spacial score (nSPS) is 9.92. The van der Waals surface area contributed by atoms with Crippen LogP contribution >= 0.6 is 34.5 Å². The van der Waals surface area contributed by atoms with Gasteiger partial charge in [0, 0.05) is 11.3 Å². The number of nitrogens with zero attached hydrogens (tertiary/aromatic N) is 1. The van der Waals surface area contributed by atoms with Crippen molar-refractivity contribution < 1.29 is 4.79 Å². The van der Waals surface area contributed by atoms with E-state index in [9.17, 15) is 4.79 Å². The van der Waals surface area contributed by atoms with Crippen molar-refractivity contribution in [3.8, 4) is 11.8 Å². The van der Waals surface area contributed by atoms with E-state index in [1.165, 1.54) is 12.1 Å². The van der Waals surface area contributed by atoms with Gasteiger partial charge in [-0.15, -0.1) is 11.3 Å². The molecule has 0 saturated heterocycles. The fraction of sp³-hybridized carbons (Fsp3) is 0. The number of hydrogen-bond donors (Lipinski definition) is 1. The summed E-state index contributed by atoms with van der Waals surface area (Å²) in [7, 11) is 0. The van der Waals surface area contributed by atoms with Crippen molar-refractivity contribution in [2.24, 2.45) is 0 Å². The number of aromatic nitrogens is 1. The Balaban J connectivity index is 1.79. The molecule has 0 saturated carbocycles. The maximum absolute atomic E-state index is 12.3. The van der Waals surface area contributed by atoms with Crippen molar-refractivity contribution in [1.29, 1.82) is 0 Å². The molecule has 3 aromatic rings. The van der Waals surface area contributed by atoms with Gasteiger partial charge in [-0.1, -0.05) is 47.2 Å². The molecular formula is C18H10Cl2N2OS. The van der Waals surface area contributed by atoms with Gasteiger partial charge in [-0.05, 0) is 41.8 Å². The van der Waals surface area contributed by atoms with Crippen LogP contribution in [0, 0.1) is 11.8 Å². The minimum Gasteiger partial charge on any atom is -0.321 e. The van der Waals surface area contributed by atoms with Crippen molar-refractivity contribution in [1.82, 2.24) is 4.98 Å². The van der Waals surface area contributed by atoms with Gasteiger partial charge in [0.15, 0.2) is 0 Å². The van der Waals surface area contributed by atoms with Gasteiger partial charge in [-0.3, -0.25) is 4.79 Å². The van der Waals surface area contributed by atoms with Crippen molar-refractivity contribution in [2.45, 2.75) is 0 Å². The fourth-order valence-electron chi connectivity index (χ4n) is 1.93. The van der Waals surface area contributed by atoms with Gasteiger partial charge in [0.05, 0.1) is 9.90 Å². The molecule has 0 fully saturated rings. The molecule has 0 unspecified atom stereocenters. The van der Waals surface area contributed by atoms with Gasteiger partial charge in [0.25, 0.3) is 5.91 Å². The van der Waals surface area contributed by atoms with E-state index >= 15 is 0 Å². The van der Waals surface area contributed by atoms with Crippen LogP contribution in [0.5, 0.6) is 0 Å². The van der Waals surface area contributed by atoms with Gasteiger partial charge in [-0.2, -0.15) is 0 Å². The quantitative estimate of drug-likeness (QED) is 0.502. The minimum atomic E-state index is -0.425. The summed E-state index contributed by atoms with van der Waals surface area (Å²) in [6, 6.07) is 14.2. The number of halogens is 2. The highest BCUT2D eigenvalue weighted by Crippen LogP contribution is 2.19. The minimum absolute atomic E-state index is 0.0826. The monoisotopic (exact) mass is 372 g/mol. The van der Waals surface area contributed by atoms with Crippen molar-refractivity contribution in [3.63, 3.8) is 0 Å². The van der Waals surface area contributed by atoms with Crippen LogP contribution in [-0.2, 0) is 0 Å². The fourth-order valence-corrected chi connectivity index (χ4v) is 2.84. The topological polar surface area (TPSA) is 42.0 Å². The first kappa shape index (κ1) is 16.5. The lowest BCUT2D eigenvalue weighted by Crippen LogP contribution is -2.14. The molecule has 3 rings (SSSR count). The zero-order valence-corrected chi connectivity index (χ0v) is 14.5. The predicted octanol–water partition coefficient (Wildman–Crippen LogP) is 5.10. The largest absolute Gasteiger partial charge is 0.321 e. The first-order chi connectivity index (χ1) is 11.6. The summed E-state index contributed by atoms with van der Waals surface area (Å²) in [6.45, 7) is 0. The highest BCUT2D eigenvalue weighted by Gasteiger charge is 2.13. The number of nitrogens with one attached hydrogen (secondary N) is 1. The lowest BCUT2D eigenvalue weighted by atomic mass is 10.2. The van der Waals surface area contributed by atoms with Gasteiger partial charge in [0.1, 0.15) is 10.8 Å². The number of amides is 1. The van der Waals surface area contributed by atoms with Gasteiger partial charge < -0.3 is 5.32 Å². The second-order valence-corrected chi connectivity index (χ2v) is 6.47. The summed E-state index contributed by atoms with van der Waals surface area (Å²) < 4.78 is 0. The number of anilines is 1. The van der Waals surface area contributed by atoms with Crippen LogP contribution in [0.1, 0.15) is 20.9 Å². The third-order valence-electron chi connectivity index (χ3n) is 3.00. The second-order valence-electron chi connectivity index (χ2n) is 4.73. The number of rotatable bonds is 2. The van der Waals surface area contributed by atoms with Crippen LogP contribution in [0.3, 0.4) is 0 Å². The van der Waals surface area contributed by atoms with Crippen LogP contribution in [0.15, 0.2) is 53.9 Å². The van der Waals surface area contributed by atoms with E-state index in [1.807, 2.05) is 29.6 Å². The molecule has 2 heterocycles. The molecule has 1 aromatic carbocycles. The van der Waals surface area contributed by atoms with Crippen LogP contribution in [0.25, 0.3) is 0 Å². The highest BCUT2D eigenvalue weighted by molar-refractivity contribution is 7.10. The van der Waals surface area contributed by atoms with E-state index in [-0.39, 0.29) is 15.9 Å². The predicted molar refractivity (Wildman–Crippen MR) is 99.0 cm³/mol. The summed E-state index contributed by atoms with van der Waals surface area (Å²) in [4.78, 5) is 17.2. The Hall–Kier alpha value is -2.32. The van der Waals surface area contributed by atoms with Gasteiger partial charge in [-0.25, -0.2) is 4.98 Å². The highest BCUT2D eigenvalue weighted by atomic mass is 35.5. The zero-order chi connectivity index (χ0) is 16.9. The first-order valence-electron chi connectivity index (χ1n) is 6.91. The molecule has 0 radical (unpaired) electrons. The molecule has 0 spiro atoms. The average Bonchev–Trinajstić information content (AvgIpc) is 3.09. The summed E-state index contributed by atoms with van der Waals surface area (Å²) in [5.41, 5.74) is 1.49. The first-order valence-corrected chi connectivity index (χ1v) is 8.54. The molecule has 1 amide bonds. The van der Waals surface area contributed by atoms with Crippen LogP contribution < -0.4 is 5.32 Å². The van der Waals surface area contributed by atoms with Crippen molar-refractivity contribution in [3.05, 3.63) is 80.2 Å². The van der Waals surface area contributed by atoms with E-state index in [0.717, 1.165) is 10.4 Å². The Morgan fingerprint density at radius 3 is 2.75 bits per heavy atom. The van der Waals surface area contributed by atoms with Crippen LogP contribution in [-0.4, -0.2) is 10.9 Å². The molecule has 24 heavy (non-hydrogen) atoms. The molecule has 1 N–H and O–H groups in total. The van der Waals surface area contributed by atoms with Crippen molar-refractivity contribution >= 4 is 46.1 Å². The van der Waals surface area contributed by atoms with E-state index in [4.69, 9.17) is 23.2 Å². The molecule has 118 valence electrons. The lowest BCUT2D eigenvalue weighted by molar-refractivity contribution is 0.102. The number of carbonyl (C=O) groups is 1. The van der Waals surface area contributed by atoms with Crippen molar-refractivity contribution in [2.75, 3.05) is 5.32 Å². The van der Waals surface area contributed by atoms with Crippen LogP contribution in [0.4, 0.5) is 5.69 Å². The number of carbonyl (C=O) groups excluding carboxylic acids is 1. The molecule has 0 aliphatic rings. The summed E-state index contributed by atoms with van der Waals surface area (Å²) in [5.74, 6) is 5.72. The Morgan fingerprint density at radius 2 is 1.96 bits per heavy atom. The smallest absolute Gasteiger partial charge is 0.275 e. The number of thiophene rings is 1. The third kappa shape index (κ3) is 4.15.